The number of nitrogens with one attached hydrogen (secondary N) is 2. The monoisotopic (exact) mass is 431 g/mol. The summed E-state index contributed by atoms with van der Waals surface area (Å²) in [6, 6.07) is 14.0. The number of furan rings is 1. The highest BCUT2D eigenvalue weighted by molar-refractivity contribution is 6.39. The first-order valence-electron chi connectivity index (χ1n) is 8.82. The third-order valence-electron chi connectivity index (χ3n) is 4.01. The Hall–Kier alpha value is -4.08. The van der Waals surface area contributed by atoms with Crippen LogP contribution in [0.15, 0.2) is 70.2 Å². The Balaban J connectivity index is 1.58. The molecular formula is C21H16F3N3O4. The molecule has 2 aromatic carbocycles. The van der Waals surface area contributed by atoms with E-state index >= 15 is 0 Å². The van der Waals surface area contributed by atoms with Gasteiger partial charge in [0.25, 0.3) is 0 Å². The second kappa shape index (κ2) is 9.16. The molecule has 3 rings (SSSR count). The molecule has 3 aromatic rings. The van der Waals surface area contributed by atoms with Gasteiger partial charge in [0.2, 0.25) is 0 Å². The lowest BCUT2D eigenvalue weighted by Crippen LogP contribution is -2.32. The number of amides is 2. The molecule has 0 fully saturated rings. The zero-order valence-electron chi connectivity index (χ0n) is 16.1. The molecule has 10 heteroatoms. The van der Waals surface area contributed by atoms with E-state index in [4.69, 9.17) is 9.15 Å². The van der Waals surface area contributed by atoms with E-state index in [0.717, 1.165) is 18.3 Å². The second-order valence-corrected chi connectivity index (χ2v) is 6.16. The Kier molecular flexibility index (Phi) is 6.39. The highest BCUT2D eigenvalue weighted by Gasteiger charge is 2.30. The average Bonchev–Trinajstić information content (AvgIpc) is 3.22. The minimum Gasteiger partial charge on any atom is -0.497 e. The Bertz CT molecular complexity index is 1110. The molecule has 0 aliphatic heterocycles. The van der Waals surface area contributed by atoms with Crippen molar-refractivity contribution in [2.75, 3.05) is 12.4 Å². The van der Waals surface area contributed by atoms with Crippen molar-refractivity contribution in [1.82, 2.24) is 5.43 Å². The topological polar surface area (TPSA) is 92.9 Å². The third-order valence-corrected chi connectivity index (χ3v) is 4.01. The minimum atomic E-state index is -4.47. The molecule has 0 aliphatic carbocycles. The number of methoxy groups -OCH3 is 1. The van der Waals surface area contributed by atoms with E-state index in [1.165, 1.54) is 31.4 Å². The number of hydrogen-bond acceptors (Lipinski definition) is 5. The van der Waals surface area contributed by atoms with Crippen LogP contribution in [0.1, 0.15) is 11.3 Å². The van der Waals surface area contributed by atoms with Gasteiger partial charge in [-0.15, -0.1) is 0 Å². The van der Waals surface area contributed by atoms with E-state index < -0.39 is 23.6 Å². The summed E-state index contributed by atoms with van der Waals surface area (Å²) in [5.41, 5.74) is 1.86. The van der Waals surface area contributed by atoms with Crippen molar-refractivity contribution in [3.63, 3.8) is 0 Å². The van der Waals surface area contributed by atoms with Crippen LogP contribution in [0.2, 0.25) is 0 Å². The van der Waals surface area contributed by atoms with Crippen molar-refractivity contribution >= 4 is 23.7 Å². The molecule has 160 valence electrons. The van der Waals surface area contributed by atoms with Gasteiger partial charge < -0.3 is 14.5 Å². The number of benzene rings is 2. The van der Waals surface area contributed by atoms with Gasteiger partial charge in [-0.2, -0.15) is 18.3 Å². The highest BCUT2D eigenvalue weighted by atomic mass is 19.4. The van der Waals surface area contributed by atoms with Crippen LogP contribution in [-0.2, 0) is 15.8 Å². The van der Waals surface area contributed by atoms with E-state index in [1.807, 2.05) is 5.43 Å². The fourth-order valence-corrected chi connectivity index (χ4v) is 2.49. The summed E-state index contributed by atoms with van der Waals surface area (Å²) in [7, 11) is 1.50. The number of hydrazone groups is 1. The quantitative estimate of drug-likeness (QED) is 0.362. The van der Waals surface area contributed by atoms with Crippen LogP contribution < -0.4 is 15.5 Å². The van der Waals surface area contributed by atoms with Gasteiger partial charge in [0.1, 0.15) is 17.3 Å². The van der Waals surface area contributed by atoms with Crippen molar-refractivity contribution in [2.45, 2.75) is 6.18 Å². The number of hydrogen-bond donors (Lipinski definition) is 2. The zero-order chi connectivity index (χ0) is 22.4. The highest BCUT2D eigenvalue weighted by Crippen LogP contribution is 2.32. The van der Waals surface area contributed by atoms with E-state index in [-0.39, 0.29) is 17.1 Å². The minimum absolute atomic E-state index is 0.170. The first kappa shape index (κ1) is 21.6. The summed E-state index contributed by atoms with van der Waals surface area (Å²) in [4.78, 5) is 23.7. The van der Waals surface area contributed by atoms with Gasteiger partial charge in [-0.25, -0.2) is 5.43 Å². The lowest BCUT2D eigenvalue weighted by molar-refractivity contribution is -0.137. The fraction of sp³-hybridized carbons (Fsp3) is 0.0952. The number of nitrogens with zero attached hydrogens (tertiary/aromatic N) is 1. The van der Waals surface area contributed by atoms with Crippen LogP contribution >= 0.6 is 0 Å². The third kappa shape index (κ3) is 5.72. The average molecular weight is 431 g/mol. The summed E-state index contributed by atoms with van der Waals surface area (Å²) in [5, 5.41) is 6.01. The van der Waals surface area contributed by atoms with E-state index in [0.29, 0.717) is 11.4 Å². The SMILES string of the molecule is COc1ccc(NC(=O)C(=O)N/N=C/c2ccc(-c3cccc(C(F)(F)F)c3)o2)cc1. The zero-order valence-corrected chi connectivity index (χ0v) is 16.1. The summed E-state index contributed by atoms with van der Waals surface area (Å²) < 4.78 is 48.9. The number of rotatable bonds is 5. The van der Waals surface area contributed by atoms with Crippen LogP contribution in [0.3, 0.4) is 0 Å². The molecule has 1 aromatic heterocycles. The lowest BCUT2D eigenvalue weighted by Gasteiger charge is -2.07. The van der Waals surface area contributed by atoms with Gasteiger partial charge in [-0.05, 0) is 48.5 Å². The molecular weight excluding hydrogens is 415 g/mol. The Labute approximate surface area is 174 Å². The van der Waals surface area contributed by atoms with E-state index in [2.05, 4.69) is 10.4 Å². The van der Waals surface area contributed by atoms with Gasteiger partial charge in [-0.1, -0.05) is 12.1 Å². The maximum atomic E-state index is 12.8. The maximum Gasteiger partial charge on any atom is 0.416 e. The Morgan fingerprint density at radius 3 is 2.45 bits per heavy atom. The molecule has 0 bridgehead atoms. The predicted octanol–water partition coefficient (Wildman–Crippen LogP) is 4.06. The van der Waals surface area contributed by atoms with Crippen LogP contribution in [-0.4, -0.2) is 25.1 Å². The molecule has 0 unspecified atom stereocenters. The van der Waals surface area contributed by atoms with Crippen LogP contribution in [0, 0.1) is 0 Å². The molecule has 2 N–H and O–H groups in total. The number of carbonyl (C=O) groups is 2. The fourth-order valence-electron chi connectivity index (χ4n) is 2.49. The van der Waals surface area contributed by atoms with E-state index in [9.17, 15) is 22.8 Å². The number of carbonyl (C=O) groups excluding carboxylic acids is 2. The van der Waals surface area contributed by atoms with Crippen molar-refractivity contribution in [2.24, 2.45) is 5.10 Å². The van der Waals surface area contributed by atoms with Crippen LogP contribution in [0.25, 0.3) is 11.3 Å². The molecule has 0 atom stereocenters. The van der Waals surface area contributed by atoms with Gasteiger partial charge in [0.15, 0.2) is 0 Å². The van der Waals surface area contributed by atoms with Crippen molar-refractivity contribution in [3.05, 3.63) is 72.0 Å². The van der Waals surface area contributed by atoms with Gasteiger partial charge >= 0.3 is 18.0 Å². The lowest BCUT2D eigenvalue weighted by atomic mass is 10.1. The standard InChI is InChI=1S/C21H16F3N3O4/c1-30-16-7-5-15(6-8-16)26-19(28)20(29)27-25-12-17-9-10-18(31-17)13-3-2-4-14(11-13)21(22,23)24/h2-12H,1H3,(H,26,28)(H,27,29)/b25-12+. The van der Waals surface area contributed by atoms with Crippen molar-refractivity contribution in [3.8, 4) is 17.1 Å². The number of halogens is 3. The molecule has 31 heavy (non-hydrogen) atoms. The van der Waals surface area contributed by atoms with Gasteiger partial charge in [0.05, 0.1) is 18.9 Å². The van der Waals surface area contributed by atoms with Gasteiger partial charge in [-0.3, -0.25) is 9.59 Å². The summed E-state index contributed by atoms with van der Waals surface area (Å²) in [6.45, 7) is 0. The molecule has 0 saturated carbocycles. The number of ether oxygens (including phenoxy) is 1. The molecule has 1 heterocycles. The van der Waals surface area contributed by atoms with Crippen LogP contribution in [0.5, 0.6) is 5.75 Å². The molecule has 7 nitrogen and oxygen atoms in total. The molecule has 0 radical (unpaired) electrons. The molecule has 2 amide bonds. The van der Waals surface area contributed by atoms with Crippen LogP contribution in [0.4, 0.5) is 18.9 Å². The van der Waals surface area contributed by atoms with Gasteiger partial charge in [0, 0.05) is 11.3 Å². The van der Waals surface area contributed by atoms with Crippen molar-refractivity contribution in [1.29, 1.82) is 0 Å². The summed E-state index contributed by atoms with van der Waals surface area (Å²) >= 11 is 0. The Morgan fingerprint density at radius 2 is 1.77 bits per heavy atom. The second-order valence-electron chi connectivity index (χ2n) is 6.16. The first-order valence-corrected chi connectivity index (χ1v) is 8.82. The summed E-state index contributed by atoms with van der Waals surface area (Å²) in [5.74, 6) is -1.00. The number of alkyl halides is 3. The molecule has 0 aliphatic rings. The van der Waals surface area contributed by atoms with E-state index in [1.54, 1.807) is 24.3 Å². The molecule has 0 saturated heterocycles. The smallest absolute Gasteiger partial charge is 0.416 e. The summed E-state index contributed by atoms with van der Waals surface area (Å²) in [6.07, 6.45) is -3.35. The first-order chi connectivity index (χ1) is 14.8. The molecule has 0 spiro atoms. The number of anilines is 1. The normalized spacial score (nSPS) is 11.4. The van der Waals surface area contributed by atoms with Crippen molar-refractivity contribution < 1.29 is 31.9 Å². The Morgan fingerprint density at radius 1 is 1.03 bits per heavy atom. The maximum absolute atomic E-state index is 12.8. The predicted molar refractivity (Wildman–Crippen MR) is 107 cm³/mol. The largest absolute Gasteiger partial charge is 0.497 e.